The Labute approximate surface area is 93.3 Å². The Kier molecular flexibility index (Phi) is 4.36. The van der Waals surface area contributed by atoms with Crippen LogP contribution in [0.1, 0.15) is 30.9 Å². The molecule has 0 nitrogen and oxygen atoms in total. The van der Waals surface area contributed by atoms with Crippen LogP contribution in [-0.2, 0) is 6.42 Å². The maximum Gasteiger partial charge on any atom is -0.00671 e. The van der Waals surface area contributed by atoms with E-state index in [2.05, 4.69) is 51.3 Å². The molecule has 0 N–H and O–H groups in total. The molecule has 0 amide bonds. The summed E-state index contributed by atoms with van der Waals surface area (Å²) in [7, 11) is 0. The molecule has 0 unspecified atom stereocenters. The van der Waals surface area contributed by atoms with Gasteiger partial charge in [-0.1, -0.05) is 42.0 Å². The monoisotopic (exact) mass is 200 g/mol. The van der Waals surface area contributed by atoms with Crippen LogP contribution in [0.5, 0.6) is 0 Å². The lowest BCUT2D eigenvalue weighted by molar-refractivity contribution is 0.892. The highest BCUT2D eigenvalue weighted by atomic mass is 14.1. The van der Waals surface area contributed by atoms with Crippen LogP contribution in [0.3, 0.4) is 0 Å². The fourth-order valence-corrected chi connectivity index (χ4v) is 1.56. The second-order valence-corrected chi connectivity index (χ2v) is 4.31. The van der Waals surface area contributed by atoms with Crippen LogP contribution in [0.25, 0.3) is 0 Å². The van der Waals surface area contributed by atoms with Crippen molar-refractivity contribution in [3.05, 3.63) is 59.7 Å². The van der Waals surface area contributed by atoms with Gasteiger partial charge in [-0.05, 0) is 44.2 Å². The first-order valence-electron chi connectivity index (χ1n) is 5.45. The molecular formula is C15H20. The molecule has 0 saturated heterocycles. The lowest BCUT2D eigenvalue weighted by Gasteiger charge is -2.08. The summed E-state index contributed by atoms with van der Waals surface area (Å²) in [6.07, 6.45) is 3.12. The van der Waals surface area contributed by atoms with Crippen LogP contribution >= 0.6 is 0 Å². The summed E-state index contributed by atoms with van der Waals surface area (Å²) in [5, 5.41) is 0. The minimum absolute atomic E-state index is 1.000. The van der Waals surface area contributed by atoms with Gasteiger partial charge in [-0.3, -0.25) is 0 Å². The lowest BCUT2D eigenvalue weighted by atomic mass is 9.98. The average molecular weight is 200 g/mol. The van der Waals surface area contributed by atoms with Crippen molar-refractivity contribution in [2.75, 3.05) is 0 Å². The second kappa shape index (κ2) is 5.55. The van der Waals surface area contributed by atoms with Gasteiger partial charge in [-0.15, -0.1) is 6.58 Å². The van der Waals surface area contributed by atoms with Gasteiger partial charge in [0.25, 0.3) is 0 Å². The van der Waals surface area contributed by atoms with E-state index in [1.807, 2.05) is 0 Å². The normalized spacial score (nSPS) is 10.0. The molecule has 80 valence electrons. The van der Waals surface area contributed by atoms with Crippen molar-refractivity contribution >= 4 is 0 Å². The predicted octanol–water partition coefficient (Wildman–Crippen LogP) is 4.45. The van der Waals surface area contributed by atoms with Crippen molar-refractivity contribution in [2.24, 2.45) is 0 Å². The Morgan fingerprint density at radius 1 is 1.13 bits per heavy atom. The highest BCUT2D eigenvalue weighted by Gasteiger charge is 2.00. The van der Waals surface area contributed by atoms with E-state index in [0.717, 1.165) is 19.3 Å². The number of hydrogen-bond acceptors (Lipinski definition) is 0. The number of benzene rings is 1. The van der Waals surface area contributed by atoms with E-state index in [0.29, 0.717) is 0 Å². The molecule has 0 bridgehead atoms. The summed E-state index contributed by atoms with van der Waals surface area (Å²) in [6.45, 7) is 12.3. The van der Waals surface area contributed by atoms with Gasteiger partial charge in [0.05, 0.1) is 0 Å². The maximum absolute atomic E-state index is 4.12. The van der Waals surface area contributed by atoms with E-state index < -0.39 is 0 Å². The number of allylic oxidation sites excluding steroid dienone is 2. The summed E-state index contributed by atoms with van der Waals surface area (Å²) >= 11 is 0. The summed E-state index contributed by atoms with van der Waals surface area (Å²) < 4.78 is 0. The highest BCUT2D eigenvalue weighted by molar-refractivity contribution is 5.29. The molecule has 0 saturated carbocycles. The molecular weight excluding hydrogens is 180 g/mol. The predicted molar refractivity (Wildman–Crippen MR) is 68.1 cm³/mol. The molecule has 0 aromatic heterocycles. The van der Waals surface area contributed by atoms with Crippen LogP contribution in [0.15, 0.2) is 48.6 Å². The first-order chi connectivity index (χ1) is 7.09. The van der Waals surface area contributed by atoms with Gasteiger partial charge in [0.15, 0.2) is 0 Å². The SMILES string of the molecule is C=C(C)CCC(=C)Cc1ccccc1C. The molecule has 0 aliphatic rings. The van der Waals surface area contributed by atoms with E-state index in [1.165, 1.54) is 22.3 Å². The van der Waals surface area contributed by atoms with Gasteiger partial charge < -0.3 is 0 Å². The van der Waals surface area contributed by atoms with Gasteiger partial charge in [-0.25, -0.2) is 0 Å². The van der Waals surface area contributed by atoms with Gasteiger partial charge in [0.2, 0.25) is 0 Å². The molecule has 1 aromatic rings. The Morgan fingerprint density at radius 3 is 2.40 bits per heavy atom. The minimum Gasteiger partial charge on any atom is -0.100 e. The zero-order chi connectivity index (χ0) is 11.3. The van der Waals surface area contributed by atoms with Gasteiger partial charge in [0.1, 0.15) is 0 Å². The molecule has 0 atom stereocenters. The first-order valence-corrected chi connectivity index (χ1v) is 5.45. The Hall–Kier alpha value is -1.30. The third kappa shape index (κ3) is 4.16. The third-order valence-electron chi connectivity index (χ3n) is 2.61. The van der Waals surface area contributed by atoms with Crippen molar-refractivity contribution in [2.45, 2.75) is 33.1 Å². The summed E-state index contributed by atoms with van der Waals surface area (Å²) in [5.74, 6) is 0. The molecule has 1 aromatic carbocycles. The zero-order valence-corrected chi connectivity index (χ0v) is 9.84. The molecule has 15 heavy (non-hydrogen) atoms. The molecule has 0 fully saturated rings. The molecule has 0 heterocycles. The van der Waals surface area contributed by atoms with Crippen LogP contribution in [0, 0.1) is 6.92 Å². The molecule has 0 aliphatic heterocycles. The number of aryl methyl sites for hydroxylation is 1. The third-order valence-corrected chi connectivity index (χ3v) is 2.61. The van der Waals surface area contributed by atoms with Crippen LogP contribution < -0.4 is 0 Å². The highest BCUT2D eigenvalue weighted by Crippen LogP contribution is 2.16. The molecule has 0 radical (unpaired) electrons. The quantitative estimate of drug-likeness (QED) is 0.616. The van der Waals surface area contributed by atoms with E-state index in [4.69, 9.17) is 0 Å². The molecule has 1 rings (SSSR count). The largest absolute Gasteiger partial charge is 0.100 e. The lowest BCUT2D eigenvalue weighted by Crippen LogP contribution is -1.92. The molecule has 0 heteroatoms. The van der Waals surface area contributed by atoms with Gasteiger partial charge >= 0.3 is 0 Å². The van der Waals surface area contributed by atoms with E-state index >= 15 is 0 Å². The Bertz CT molecular complexity index is 358. The van der Waals surface area contributed by atoms with Gasteiger partial charge in [-0.2, -0.15) is 0 Å². The van der Waals surface area contributed by atoms with E-state index in [9.17, 15) is 0 Å². The fourth-order valence-electron chi connectivity index (χ4n) is 1.56. The summed E-state index contributed by atoms with van der Waals surface area (Å²) in [6, 6.07) is 8.51. The van der Waals surface area contributed by atoms with Crippen molar-refractivity contribution in [3.8, 4) is 0 Å². The number of hydrogen-bond donors (Lipinski definition) is 0. The van der Waals surface area contributed by atoms with Crippen molar-refractivity contribution in [1.29, 1.82) is 0 Å². The Balaban J connectivity index is 2.52. The standard InChI is InChI=1S/C15H20/c1-12(2)9-10-13(3)11-15-8-6-5-7-14(15)4/h5-8H,1,3,9-11H2,2,4H3. The summed E-state index contributed by atoms with van der Waals surface area (Å²) in [4.78, 5) is 0. The Morgan fingerprint density at radius 2 is 1.80 bits per heavy atom. The maximum atomic E-state index is 4.12. The van der Waals surface area contributed by atoms with Crippen LogP contribution in [0.4, 0.5) is 0 Å². The smallest absolute Gasteiger partial charge is 0.00671 e. The first kappa shape index (κ1) is 11.8. The summed E-state index contributed by atoms with van der Waals surface area (Å²) in [5.41, 5.74) is 5.28. The van der Waals surface area contributed by atoms with Crippen molar-refractivity contribution in [1.82, 2.24) is 0 Å². The second-order valence-electron chi connectivity index (χ2n) is 4.31. The van der Waals surface area contributed by atoms with Crippen LogP contribution in [0.2, 0.25) is 0 Å². The topological polar surface area (TPSA) is 0 Å². The molecule has 0 spiro atoms. The van der Waals surface area contributed by atoms with Crippen molar-refractivity contribution < 1.29 is 0 Å². The van der Waals surface area contributed by atoms with Crippen LogP contribution in [-0.4, -0.2) is 0 Å². The molecule has 0 aliphatic carbocycles. The average Bonchev–Trinajstić information content (AvgIpc) is 2.18. The van der Waals surface area contributed by atoms with E-state index in [-0.39, 0.29) is 0 Å². The van der Waals surface area contributed by atoms with Gasteiger partial charge in [0, 0.05) is 0 Å². The fraction of sp³-hybridized carbons (Fsp3) is 0.333. The van der Waals surface area contributed by atoms with E-state index in [1.54, 1.807) is 0 Å². The number of rotatable bonds is 5. The van der Waals surface area contributed by atoms with Crippen molar-refractivity contribution in [3.63, 3.8) is 0 Å². The minimum atomic E-state index is 1.000. The zero-order valence-electron chi connectivity index (χ0n) is 9.84.